The second-order valence-corrected chi connectivity index (χ2v) is 9.87. The van der Waals surface area contributed by atoms with Gasteiger partial charge in [-0.3, -0.25) is 24.8 Å². The summed E-state index contributed by atoms with van der Waals surface area (Å²) in [6.45, 7) is 7.37. The van der Waals surface area contributed by atoms with Crippen LogP contribution in [0.25, 0.3) is 0 Å². The van der Waals surface area contributed by atoms with Crippen molar-refractivity contribution in [1.29, 1.82) is 0 Å². The molecule has 9 heteroatoms. The first-order chi connectivity index (χ1) is 17.6. The number of carbonyl (C=O) groups is 2. The van der Waals surface area contributed by atoms with E-state index in [1.807, 2.05) is 25.1 Å². The number of allylic oxidation sites excluding steroid dienone is 1. The molecule has 0 aliphatic carbocycles. The smallest absolute Gasteiger partial charge is 0.337 e. The Hall–Kier alpha value is -3.85. The molecule has 0 amide bonds. The van der Waals surface area contributed by atoms with Crippen LogP contribution in [0.3, 0.4) is 0 Å². The van der Waals surface area contributed by atoms with Crippen LogP contribution < -0.4 is 0 Å². The number of carbonyl (C=O) groups excluding carboxylic acids is 2. The van der Waals surface area contributed by atoms with E-state index in [9.17, 15) is 19.7 Å². The lowest BCUT2D eigenvalue weighted by Gasteiger charge is -2.33. The molecule has 3 atom stereocenters. The van der Waals surface area contributed by atoms with Crippen molar-refractivity contribution < 1.29 is 24.0 Å². The highest BCUT2D eigenvalue weighted by Gasteiger charge is 2.45. The first-order valence-corrected chi connectivity index (χ1v) is 12.2. The topological polar surface area (TPSA) is 111 Å². The van der Waals surface area contributed by atoms with Crippen LogP contribution in [0.5, 0.6) is 0 Å². The zero-order chi connectivity index (χ0) is 26.7. The molecule has 0 N–H and O–H groups in total. The highest BCUT2D eigenvalue weighted by atomic mass is 16.6. The Morgan fingerprint density at radius 1 is 1.16 bits per heavy atom. The van der Waals surface area contributed by atoms with Crippen LogP contribution in [0.1, 0.15) is 44.2 Å². The fourth-order valence-electron chi connectivity index (χ4n) is 5.29. The maximum Gasteiger partial charge on any atom is 0.337 e. The molecule has 2 aliphatic heterocycles. The monoisotopic (exact) mass is 505 g/mol. The Kier molecular flexibility index (Phi) is 7.54. The minimum absolute atomic E-state index is 0.133. The summed E-state index contributed by atoms with van der Waals surface area (Å²) in [7, 11) is 1.27. The predicted octanol–water partition coefficient (Wildman–Crippen LogP) is 4.42. The standard InChI is InChI=1S/C28H31N3O6/c1-18-23(26(32)36-4)25(21-11-8-12-22(15-21)31(34)35)24(19(2)29-18)27(33)37-28(3)13-14-30(17-28)16-20-9-6-5-7-10-20/h5-12,15,23,25H,13-14,16-17H2,1-4H3/t23?,25-,28?/m0/s1. The first-order valence-electron chi connectivity index (χ1n) is 12.2. The predicted molar refractivity (Wildman–Crippen MR) is 138 cm³/mol. The van der Waals surface area contributed by atoms with E-state index in [1.165, 1.54) is 24.8 Å². The fourth-order valence-corrected chi connectivity index (χ4v) is 5.29. The van der Waals surface area contributed by atoms with E-state index in [4.69, 9.17) is 9.47 Å². The summed E-state index contributed by atoms with van der Waals surface area (Å²) >= 11 is 0. The Morgan fingerprint density at radius 3 is 2.57 bits per heavy atom. The number of rotatable bonds is 7. The van der Waals surface area contributed by atoms with Gasteiger partial charge in [0.1, 0.15) is 11.5 Å². The number of nitro groups is 1. The van der Waals surface area contributed by atoms with Gasteiger partial charge in [0, 0.05) is 55.5 Å². The highest BCUT2D eigenvalue weighted by molar-refractivity contribution is 6.07. The molecule has 2 unspecified atom stereocenters. The lowest BCUT2D eigenvalue weighted by molar-refractivity contribution is -0.384. The molecule has 0 radical (unpaired) electrons. The summed E-state index contributed by atoms with van der Waals surface area (Å²) in [4.78, 5) is 44.3. The molecular weight excluding hydrogens is 474 g/mol. The second kappa shape index (κ2) is 10.6. The van der Waals surface area contributed by atoms with Crippen LogP contribution in [0.2, 0.25) is 0 Å². The Labute approximate surface area is 215 Å². The second-order valence-electron chi connectivity index (χ2n) is 9.87. The van der Waals surface area contributed by atoms with Gasteiger partial charge in [0.25, 0.3) is 5.69 Å². The fraction of sp³-hybridized carbons (Fsp3) is 0.393. The van der Waals surface area contributed by atoms with Crippen molar-refractivity contribution in [3.63, 3.8) is 0 Å². The zero-order valence-corrected chi connectivity index (χ0v) is 21.5. The normalized spacial score (nSPS) is 23.9. The number of nitro benzene ring substituents is 1. The highest BCUT2D eigenvalue weighted by Crippen LogP contribution is 2.42. The van der Waals surface area contributed by atoms with Gasteiger partial charge in [-0.15, -0.1) is 0 Å². The molecule has 9 nitrogen and oxygen atoms in total. The number of benzene rings is 2. The number of hydrogen-bond acceptors (Lipinski definition) is 8. The number of hydrogen-bond donors (Lipinski definition) is 0. The first kappa shape index (κ1) is 26.2. The summed E-state index contributed by atoms with van der Waals surface area (Å²) in [6.07, 6.45) is 0.655. The minimum Gasteiger partial charge on any atom is -0.468 e. The van der Waals surface area contributed by atoms with Crippen molar-refractivity contribution in [2.45, 2.75) is 45.3 Å². The van der Waals surface area contributed by atoms with Gasteiger partial charge in [-0.25, -0.2) is 4.79 Å². The maximum atomic E-state index is 13.7. The largest absolute Gasteiger partial charge is 0.468 e. The van der Waals surface area contributed by atoms with E-state index >= 15 is 0 Å². The summed E-state index contributed by atoms with van der Waals surface area (Å²) in [6, 6.07) is 16.1. The number of likely N-dealkylation sites (tertiary alicyclic amines) is 1. The number of methoxy groups -OCH3 is 1. The van der Waals surface area contributed by atoms with Crippen molar-refractivity contribution in [1.82, 2.24) is 4.90 Å². The molecule has 0 aromatic heterocycles. The lowest BCUT2D eigenvalue weighted by Crippen LogP contribution is -2.40. The third kappa shape index (κ3) is 5.61. The average molecular weight is 506 g/mol. The summed E-state index contributed by atoms with van der Waals surface area (Å²) in [5.74, 6) is -2.90. The third-order valence-corrected chi connectivity index (χ3v) is 7.05. The number of ether oxygens (including phenoxy) is 2. The van der Waals surface area contributed by atoms with E-state index in [1.54, 1.807) is 26.0 Å². The molecule has 0 bridgehead atoms. The summed E-state index contributed by atoms with van der Waals surface area (Å²) < 4.78 is 11.2. The molecule has 2 aromatic rings. The zero-order valence-electron chi connectivity index (χ0n) is 21.5. The third-order valence-electron chi connectivity index (χ3n) is 7.05. The average Bonchev–Trinajstić information content (AvgIpc) is 3.23. The number of nitrogens with zero attached hydrogens (tertiary/aromatic N) is 3. The SMILES string of the molecule is COC(=O)C1C(C)=NC(C)=C(C(=O)OC2(C)CCN(Cc3ccccc3)C2)[C@H]1c1cccc([N+](=O)[O-])c1. The van der Waals surface area contributed by atoms with Gasteiger partial charge in [0.05, 0.1) is 17.6 Å². The van der Waals surface area contributed by atoms with Gasteiger partial charge in [0.2, 0.25) is 0 Å². The van der Waals surface area contributed by atoms with Crippen LogP contribution >= 0.6 is 0 Å². The Balaban J connectivity index is 1.64. The Bertz CT molecular complexity index is 1270. The minimum atomic E-state index is -0.913. The van der Waals surface area contributed by atoms with E-state index in [0.29, 0.717) is 29.9 Å². The molecule has 1 saturated heterocycles. The Morgan fingerprint density at radius 2 is 1.89 bits per heavy atom. The molecule has 2 heterocycles. The number of non-ortho nitro benzene ring substituents is 1. The number of esters is 2. The van der Waals surface area contributed by atoms with Crippen LogP contribution in [0, 0.1) is 16.0 Å². The number of aliphatic imine (C=N–C) groups is 1. The van der Waals surface area contributed by atoms with Crippen molar-refractivity contribution in [2.24, 2.45) is 10.9 Å². The molecule has 37 heavy (non-hydrogen) atoms. The lowest BCUT2D eigenvalue weighted by atomic mass is 9.75. The van der Waals surface area contributed by atoms with Gasteiger partial charge in [-0.2, -0.15) is 0 Å². The molecule has 4 rings (SSSR count). The maximum absolute atomic E-state index is 13.7. The van der Waals surface area contributed by atoms with Gasteiger partial charge in [-0.1, -0.05) is 42.5 Å². The quantitative estimate of drug-likeness (QED) is 0.311. The van der Waals surface area contributed by atoms with Crippen LogP contribution in [0.15, 0.2) is 70.9 Å². The van der Waals surface area contributed by atoms with Crippen molar-refractivity contribution in [3.05, 3.63) is 87.1 Å². The molecule has 1 fully saturated rings. The van der Waals surface area contributed by atoms with Crippen molar-refractivity contribution in [2.75, 3.05) is 20.2 Å². The summed E-state index contributed by atoms with van der Waals surface area (Å²) in [5, 5.41) is 11.5. The van der Waals surface area contributed by atoms with E-state index in [2.05, 4.69) is 22.0 Å². The molecule has 0 saturated carbocycles. The van der Waals surface area contributed by atoms with Crippen molar-refractivity contribution in [3.8, 4) is 0 Å². The van der Waals surface area contributed by atoms with E-state index in [0.717, 1.165) is 13.1 Å². The van der Waals surface area contributed by atoms with Gasteiger partial charge < -0.3 is 9.47 Å². The van der Waals surface area contributed by atoms with Crippen LogP contribution in [-0.2, 0) is 25.6 Å². The van der Waals surface area contributed by atoms with E-state index in [-0.39, 0.29) is 11.3 Å². The van der Waals surface area contributed by atoms with Crippen molar-refractivity contribution >= 4 is 23.3 Å². The molecule has 2 aliphatic rings. The summed E-state index contributed by atoms with van der Waals surface area (Å²) in [5.41, 5.74) is 1.87. The van der Waals surface area contributed by atoms with Gasteiger partial charge in [0.15, 0.2) is 0 Å². The molecule has 194 valence electrons. The van der Waals surface area contributed by atoms with Gasteiger partial charge >= 0.3 is 11.9 Å². The van der Waals surface area contributed by atoms with Gasteiger partial charge in [-0.05, 0) is 31.9 Å². The van der Waals surface area contributed by atoms with E-state index < -0.39 is 34.3 Å². The molecular formula is C28H31N3O6. The van der Waals surface area contributed by atoms with Crippen LogP contribution in [-0.4, -0.2) is 53.3 Å². The molecule has 0 spiro atoms. The molecule has 2 aromatic carbocycles. The van der Waals surface area contributed by atoms with Crippen LogP contribution in [0.4, 0.5) is 5.69 Å².